The van der Waals surface area contributed by atoms with Gasteiger partial charge in [-0.05, 0) is 127 Å². The third kappa shape index (κ3) is 25.6. The summed E-state index contributed by atoms with van der Waals surface area (Å²) in [6, 6.07) is 11.2. The maximum atomic E-state index is 15.5. The summed E-state index contributed by atoms with van der Waals surface area (Å²) in [7, 11) is 3.06. The highest BCUT2D eigenvalue weighted by Gasteiger charge is 2.35. The van der Waals surface area contributed by atoms with E-state index in [1.165, 1.54) is 42.4 Å². The molecule has 16 heteroatoms. The van der Waals surface area contributed by atoms with E-state index in [1.807, 2.05) is 31.7 Å². The summed E-state index contributed by atoms with van der Waals surface area (Å²) in [5, 5.41) is 17.3. The highest BCUT2D eigenvalue weighted by Crippen LogP contribution is 2.33. The first-order valence-corrected chi connectivity index (χ1v) is 28.1. The molecule has 3 fully saturated rings. The number of aryl methyl sites for hydroxylation is 2. The van der Waals surface area contributed by atoms with Gasteiger partial charge in [-0.1, -0.05) is 80.7 Å². The Morgan fingerprint density at radius 2 is 1.44 bits per heavy atom. The molecule has 75 heavy (non-hydrogen) atoms. The highest BCUT2D eigenvalue weighted by molar-refractivity contribution is 5.76. The Labute approximate surface area is 453 Å². The van der Waals surface area contributed by atoms with Crippen LogP contribution in [0, 0.1) is 36.8 Å². The third-order valence-electron chi connectivity index (χ3n) is 13.7. The number of piperidine rings is 2. The maximum absolute atomic E-state index is 15.5. The number of amides is 2. The quantitative estimate of drug-likeness (QED) is 0.0627. The molecule has 4 heterocycles. The van der Waals surface area contributed by atoms with E-state index in [-0.39, 0.29) is 18.1 Å². The Morgan fingerprint density at radius 1 is 0.827 bits per heavy atom. The summed E-state index contributed by atoms with van der Waals surface area (Å²) in [5.41, 5.74) is 8.20. The molecule has 6 rings (SSSR count). The van der Waals surface area contributed by atoms with Crippen LogP contribution in [0.1, 0.15) is 156 Å². The van der Waals surface area contributed by atoms with Gasteiger partial charge in [-0.3, -0.25) is 14.5 Å². The van der Waals surface area contributed by atoms with Crippen LogP contribution in [0.25, 0.3) is 0 Å². The van der Waals surface area contributed by atoms with Gasteiger partial charge in [-0.25, -0.2) is 18.7 Å². The number of piperazine rings is 1. The first-order valence-electron chi connectivity index (χ1n) is 28.1. The molecular formula is C59H102F2N10O4. The van der Waals surface area contributed by atoms with Gasteiger partial charge in [0.05, 0.1) is 11.3 Å². The van der Waals surface area contributed by atoms with Crippen molar-refractivity contribution < 1.29 is 28.3 Å². The lowest BCUT2D eigenvalue weighted by Crippen LogP contribution is -2.51. The second-order valence-corrected chi connectivity index (χ2v) is 20.8. The van der Waals surface area contributed by atoms with Crippen molar-refractivity contribution in [2.45, 2.75) is 165 Å². The van der Waals surface area contributed by atoms with Crippen LogP contribution >= 0.6 is 0 Å². The summed E-state index contributed by atoms with van der Waals surface area (Å²) in [6.45, 7) is 31.3. The molecule has 2 aromatic carbocycles. The van der Waals surface area contributed by atoms with Crippen molar-refractivity contribution in [1.82, 2.24) is 25.1 Å². The van der Waals surface area contributed by atoms with E-state index >= 15 is 8.78 Å². The molecule has 0 saturated carbocycles. The Hall–Kier alpha value is -4.93. The van der Waals surface area contributed by atoms with Crippen molar-refractivity contribution in [2.75, 3.05) is 106 Å². The summed E-state index contributed by atoms with van der Waals surface area (Å²) in [5.74, 6) is 1.66. The topological polar surface area (TPSA) is 164 Å². The molecule has 1 aromatic heterocycles. The fourth-order valence-corrected chi connectivity index (χ4v) is 8.81. The molecule has 3 aliphatic heterocycles. The van der Waals surface area contributed by atoms with Crippen LogP contribution in [-0.2, 0) is 20.9 Å². The van der Waals surface area contributed by atoms with Gasteiger partial charge in [0.2, 0.25) is 12.3 Å². The number of carbonyl (C=O) groups excluding carboxylic acids is 3. The zero-order valence-electron chi connectivity index (χ0n) is 48.9. The number of anilines is 4. The number of nitrogens with zero attached hydrogens (tertiary/aromatic N) is 7. The normalized spacial score (nSPS) is 15.6. The SMILES string of the molecule is CC.CC(C)CCC=O.CCC.CCN(CC1(O)CCN(c2cc(NCCCCCCC(=O)N3CCN(c4ccc(C)c(C)c4)CC3)ncn2)CC1)c1cc(F)c(CN2CCC(C)(C)CC2)cc1F.CN.CNC=O. The molecule has 2 amide bonds. The van der Waals surface area contributed by atoms with Gasteiger partial charge in [0, 0.05) is 109 Å². The highest BCUT2D eigenvalue weighted by atomic mass is 19.1. The van der Waals surface area contributed by atoms with Crippen molar-refractivity contribution in [2.24, 2.45) is 17.1 Å². The number of rotatable bonds is 20. The predicted octanol–water partition coefficient (Wildman–Crippen LogP) is 10.6. The molecule has 3 saturated heterocycles. The fraction of sp³-hybridized carbons (Fsp3) is 0.678. The number of nitrogens with one attached hydrogen (secondary N) is 2. The fourth-order valence-electron chi connectivity index (χ4n) is 8.81. The minimum atomic E-state index is -1.04. The molecule has 3 aromatic rings. The Kier molecular flexibility index (Phi) is 34.3. The Bertz CT molecular complexity index is 2020. The number of hydrogen-bond acceptors (Lipinski definition) is 12. The Morgan fingerprint density at radius 3 is 1.99 bits per heavy atom. The largest absolute Gasteiger partial charge is 0.388 e. The monoisotopic (exact) mass is 1050 g/mol. The lowest BCUT2D eigenvalue weighted by molar-refractivity contribution is -0.131. The number of likely N-dealkylation sites (N-methyl/N-ethyl adjacent to an activating group) is 1. The molecule has 0 atom stereocenters. The van der Waals surface area contributed by atoms with Gasteiger partial charge >= 0.3 is 0 Å². The number of aromatic nitrogens is 2. The second-order valence-electron chi connectivity index (χ2n) is 20.8. The minimum Gasteiger partial charge on any atom is -0.388 e. The molecule has 3 aliphatic rings. The number of aldehydes is 1. The van der Waals surface area contributed by atoms with Crippen LogP contribution in [0.2, 0.25) is 0 Å². The van der Waals surface area contributed by atoms with Gasteiger partial charge in [0.25, 0.3) is 0 Å². The lowest BCUT2D eigenvalue weighted by atomic mass is 9.82. The smallest absolute Gasteiger partial charge is 0.222 e. The zero-order valence-corrected chi connectivity index (χ0v) is 48.9. The van der Waals surface area contributed by atoms with Crippen molar-refractivity contribution in [3.63, 3.8) is 0 Å². The first kappa shape index (κ1) is 68.1. The number of carbonyl (C=O) groups is 3. The van der Waals surface area contributed by atoms with Crippen LogP contribution in [0.3, 0.4) is 0 Å². The van der Waals surface area contributed by atoms with Crippen molar-refractivity contribution in [3.8, 4) is 0 Å². The standard InChI is InChI=1S/C45H66F2N8O2.C6H12O.C3H8.C2H5NO.C2H6.CH5N/c1-6-52(40-29-38(46)36(28-39(40)47)31-51-19-14-44(4,5)15-20-51)32-45(57)16-21-54(22-17-45)42-30-41(49-33-50-42)48-18-10-8-7-9-11-43(56)55-25-23-53(24-26-55)37-13-12-34(2)35(3)27-37;1-6(2)4-3-5-7;1-3-2;1-3-2-4;2*1-2/h12-13,27-30,33,57H,6-11,14-26,31-32H2,1-5H3,(H,48,49,50);5-6H,3-4H2,1-2H3;3H2,1-2H3;2H,1H3,(H,3,4);1-2H3;2H2,1H3. The van der Waals surface area contributed by atoms with E-state index in [4.69, 9.17) is 4.79 Å². The number of unbranched alkanes of at least 4 members (excludes halogenated alkanes) is 3. The number of aliphatic hydroxyl groups is 1. The molecule has 0 bridgehead atoms. The van der Waals surface area contributed by atoms with Gasteiger partial charge in [-0.15, -0.1) is 0 Å². The van der Waals surface area contributed by atoms with Crippen LogP contribution in [0.4, 0.5) is 31.8 Å². The number of nitrogens with two attached hydrogens (primary N) is 1. The summed E-state index contributed by atoms with van der Waals surface area (Å²) in [6.07, 6.45) is 13.8. The van der Waals surface area contributed by atoms with E-state index in [0.717, 1.165) is 115 Å². The summed E-state index contributed by atoms with van der Waals surface area (Å²) < 4.78 is 30.9. The number of likely N-dealkylation sites (tertiary alicyclic amines) is 1. The predicted molar refractivity (Wildman–Crippen MR) is 310 cm³/mol. The average Bonchev–Trinajstić information content (AvgIpc) is 3.41. The van der Waals surface area contributed by atoms with E-state index in [0.29, 0.717) is 68.7 Å². The molecular weight excluding hydrogens is 951 g/mol. The van der Waals surface area contributed by atoms with E-state index in [9.17, 15) is 14.7 Å². The Balaban J connectivity index is 0.00000136. The molecule has 14 nitrogen and oxygen atoms in total. The zero-order chi connectivity index (χ0) is 56.4. The first-order chi connectivity index (χ1) is 35.9. The van der Waals surface area contributed by atoms with Gasteiger partial charge in [-0.2, -0.15) is 0 Å². The van der Waals surface area contributed by atoms with Gasteiger partial charge < -0.3 is 45.9 Å². The number of halogens is 2. The molecule has 0 aliphatic carbocycles. The maximum Gasteiger partial charge on any atom is 0.222 e. The summed E-state index contributed by atoms with van der Waals surface area (Å²) >= 11 is 0. The number of benzene rings is 2. The molecule has 0 radical (unpaired) electrons. The van der Waals surface area contributed by atoms with Crippen molar-refractivity contribution >= 4 is 41.6 Å². The van der Waals surface area contributed by atoms with E-state index in [2.05, 4.69) is 115 Å². The summed E-state index contributed by atoms with van der Waals surface area (Å²) in [4.78, 5) is 51.1. The van der Waals surface area contributed by atoms with Crippen LogP contribution < -0.4 is 31.1 Å². The molecule has 0 spiro atoms. The van der Waals surface area contributed by atoms with Crippen molar-refractivity contribution in [1.29, 1.82) is 0 Å². The molecule has 426 valence electrons. The van der Waals surface area contributed by atoms with Crippen LogP contribution in [-0.4, -0.2) is 135 Å². The van der Waals surface area contributed by atoms with Crippen LogP contribution in [0.15, 0.2) is 42.7 Å². The number of hydrogen-bond donors (Lipinski definition) is 4. The van der Waals surface area contributed by atoms with E-state index < -0.39 is 17.2 Å². The van der Waals surface area contributed by atoms with Crippen LogP contribution in [0.5, 0.6) is 0 Å². The third-order valence-corrected chi connectivity index (χ3v) is 13.7. The minimum absolute atomic E-state index is 0.202. The average molecular weight is 1050 g/mol. The van der Waals surface area contributed by atoms with Gasteiger partial charge in [0.1, 0.15) is 35.9 Å². The molecule has 0 unspecified atom stereocenters. The van der Waals surface area contributed by atoms with Crippen molar-refractivity contribution in [3.05, 3.63) is 71.1 Å². The van der Waals surface area contributed by atoms with E-state index in [1.54, 1.807) is 18.3 Å². The second kappa shape index (κ2) is 37.8. The van der Waals surface area contributed by atoms with Gasteiger partial charge in [0.15, 0.2) is 0 Å². The molecule has 5 N–H and O–H groups in total. The lowest BCUT2D eigenvalue weighted by Gasteiger charge is -2.42.